The molecule has 1 fully saturated rings. The fourth-order valence-corrected chi connectivity index (χ4v) is 2.23. The van der Waals surface area contributed by atoms with Gasteiger partial charge < -0.3 is 10.2 Å². The zero-order chi connectivity index (χ0) is 10.9. The van der Waals surface area contributed by atoms with E-state index in [1.807, 2.05) is 4.90 Å². The van der Waals surface area contributed by atoms with Gasteiger partial charge in [-0.2, -0.15) is 13.2 Å². The highest BCUT2D eigenvalue weighted by molar-refractivity contribution is 7.15. The molecule has 0 aliphatic carbocycles. The summed E-state index contributed by atoms with van der Waals surface area (Å²) in [7, 11) is 0. The van der Waals surface area contributed by atoms with Gasteiger partial charge in [0.1, 0.15) is 4.88 Å². The number of alkyl halides is 3. The average Bonchev–Trinajstić information content (AvgIpc) is 2.67. The van der Waals surface area contributed by atoms with Crippen molar-refractivity contribution >= 4 is 28.9 Å². The first-order chi connectivity index (χ1) is 7.07. The molecule has 8 heteroatoms. The first-order valence-corrected chi connectivity index (χ1v) is 5.38. The van der Waals surface area contributed by atoms with Crippen molar-refractivity contribution in [2.45, 2.75) is 6.18 Å². The highest BCUT2D eigenvalue weighted by Crippen LogP contribution is 2.36. The van der Waals surface area contributed by atoms with Crippen molar-refractivity contribution in [3.8, 4) is 0 Å². The third kappa shape index (κ3) is 2.99. The molecule has 0 spiro atoms. The maximum atomic E-state index is 12.3. The molecule has 1 aliphatic rings. The smallest absolute Gasteiger partial charge is 0.346 e. The quantitative estimate of drug-likeness (QED) is 0.848. The molecule has 1 aliphatic heterocycles. The van der Waals surface area contributed by atoms with E-state index < -0.39 is 11.1 Å². The molecular formula is C8H11ClF3N3S. The van der Waals surface area contributed by atoms with Gasteiger partial charge in [0.25, 0.3) is 0 Å². The van der Waals surface area contributed by atoms with E-state index in [0.717, 1.165) is 19.3 Å². The van der Waals surface area contributed by atoms with Crippen LogP contribution in [0.3, 0.4) is 0 Å². The van der Waals surface area contributed by atoms with E-state index in [-0.39, 0.29) is 12.4 Å². The van der Waals surface area contributed by atoms with Crippen LogP contribution in [0.5, 0.6) is 0 Å². The minimum absolute atomic E-state index is 0. The molecule has 0 atom stereocenters. The summed E-state index contributed by atoms with van der Waals surface area (Å²) in [5.74, 6) is 0. The van der Waals surface area contributed by atoms with Crippen LogP contribution in [0.25, 0.3) is 0 Å². The second-order valence-corrected chi connectivity index (χ2v) is 4.25. The summed E-state index contributed by atoms with van der Waals surface area (Å²) in [6.45, 7) is 3.01. The number of aromatic nitrogens is 1. The van der Waals surface area contributed by atoms with Crippen molar-refractivity contribution in [1.29, 1.82) is 0 Å². The molecule has 0 aromatic carbocycles. The molecule has 1 saturated heterocycles. The van der Waals surface area contributed by atoms with Crippen LogP contribution in [0.2, 0.25) is 0 Å². The monoisotopic (exact) mass is 273 g/mol. The van der Waals surface area contributed by atoms with Crippen molar-refractivity contribution in [3.63, 3.8) is 0 Å². The van der Waals surface area contributed by atoms with Crippen molar-refractivity contribution in [1.82, 2.24) is 10.3 Å². The third-order valence-corrected chi connectivity index (χ3v) is 3.26. The topological polar surface area (TPSA) is 28.2 Å². The van der Waals surface area contributed by atoms with E-state index in [4.69, 9.17) is 0 Å². The van der Waals surface area contributed by atoms with Crippen LogP contribution < -0.4 is 10.2 Å². The Balaban J connectivity index is 0.00000128. The van der Waals surface area contributed by atoms with Crippen LogP contribution in [-0.2, 0) is 6.18 Å². The van der Waals surface area contributed by atoms with E-state index in [0.29, 0.717) is 29.6 Å². The number of nitrogens with zero attached hydrogens (tertiary/aromatic N) is 2. The Morgan fingerprint density at radius 3 is 2.44 bits per heavy atom. The van der Waals surface area contributed by atoms with Gasteiger partial charge in [0.15, 0.2) is 5.13 Å². The lowest BCUT2D eigenvalue weighted by Crippen LogP contribution is -2.43. The van der Waals surface area contributed by atoms with E-state index in [2.05, 4.69) is 10.3 Å². The Hall–Kier alpha value is -0.530. The highest BCUT2D eigenvalue weighted by Gasteiger charge is 2.34. The maximum Gasteiger partial charge on any atom is 0.427 e. The molecule has 0 radical (unpaired) electrons. The summed E-state index contributed by atoms with van der Waals surface area (Å²) < 4.78 is 36.9. The number of halogens is 4. The number of nitrogens with one attached hydrogen (secondary N) is 1. The van der Waals surface area contributed by atoms with E-state index in [1.54, 1.807) is 0 Å². The lowest BCUT2D eigenvalue weighted by Gasteiger charge is -2.26. The Kier molecular flexibility index (Phi) is 4.40. The predicted octanol–water partition coefficient (Wildman–Crippen LogP) is 1.99. The zero-order valence-corrected chi connectivity index (χ0v) is 9.88. The minimum atomic E-state index is -4.27. The number of thiazole rings is 1. The van der Waals surface area contributed by atoms with Crippen LogP contribution >= 0.6 is 23.7 Å². The summed E-state index contributed by atoms with van der Waals surface area (Å²) in [5.41, 5.74) is 0. The Labute approximate surface area is 101 Å². The van der Waals surface area contributed by atoms with Gasteiger partial charge in [-0.1, -0.05) is 11.3 Å². The molecule has 2 heterocycles. The summed E-state index contributed by atoms with van der Waals surface area (Å²) in [6, 6.07) is 0. The van der Waals surface area contributed by atoms with Crippen molar-refractivity contribution in [2.75, 3.05) is 31.1 Å². The lowest BCUT2D eigenvalue weighted by molar-refractivity contribution is -0.134. The van der Waals surface area contributed by atoms with Gasteiger partial charge in [0.2, 0.25) is 0 Å². The number of hydrogen-bond donors (Lipinski definition) is 1. The third-order valence-electron chi connectivity index (χ3n) is 2.16. The molecule has 92 valence electrons. The largest absolute Gasteiger partial charge is 0.427 e. The fourth-order valence-electron chi connectivity index (χ4n) is 1.40. The fraction of sp³-hybridized carbons (Fsp3) is 0.625. The summed E-state index contributed by atoms with van der Waals surface area (Å²) in [6.07, 6.45) is -3.37. The number of hydrogen-bond acceptors (Lipinski definition) is 4. The number of rotatable bonds is 1. The van der Waals surface area contributed by atoms with Crippen molar-refractivity contribution in [2.24, 2.45) is 0 Å². The number of piperazine rings is 1. The molecule has 3 nitrogen and oxygen atoms in total. The first kappa shape index (κ1) is 13.5. The van der Waals surface area contributed by atoms with Crippen LogP contribution in [-0.4, -0.2) is 31.2 Å². The van der Waals surface area contributed by atoms with Gasteiger partial charge >= 0.3 is 6.18 Å². The van der Waals surface area contributed by atoms with E-state index in [1.165, 1.54) is 0 Å². The lowest BCUT2D eigenvalue weighted by atomic mass is 10.4. The molecule has 1 aromatic heterocycles. The van der Waals surface area contributed by atoms with Crippen LogP contribution in [0.4, 0.5) is 18.3 Å². The molecule has 0 bridgehead atoms. The molecule has 1 N–H and O–H groups in total. The SMILES string of the molecule is Cl.FC(F)(F)c1cnc(N2CCNCC2)s1. The average molecular weight is 274 g/mol. The minimum Gasteiger partial charge on any atom is -0.346 e. The molecule has 16 heavy (non-hydrogen) atoms. The highest BCUT2D eigenvalue weighted by atomic mass is 35.5. The summed E-state index contributed by atoms with van der Waals surface area (Å²) in [4.78, 5) is 5.05. The first-order valence-electron chi connectivity index (χ1n) is 4.56. The van der Waals surface area contributed by atoms with Gasteiger partial charge in [-0.05, 0) is 0 Å². The molecule has 0 amide bonds. The Morgan fingerprint density at radius 1 is 1.31 bits per heavy atom. The molecule has 0 saturated carbocycles. The summed E-state index contributed by atoms with van der Waals surface area (Å²) >= 11 is 0.708. The van der Waals surface area contributed by atoms with Crippen LogP contribution in [0.1, 0.15) is 4.88 Å². The van der Waals surface area contributed by atoms with Gasteiger partial charge in [0, 0.05) is 26.2 Å². The normalized spacial score (nSPS) is 17.1. The van der Waals surface area contributed by atoms with E-state index >= 15 is 0 Å². The van der Waals surface area contributed by atoms with Gasteiger partial charge in [-0.15, -0.1) is 12.4 Å². The van der Waals surface area contributed by atoms with Crippen molar-refractivity contribution in [3.05, 3.63) is 11.1 Å². The Bertz CT molecular complexity index is 336. The molecule has 2 rings (SSSR count). The van der Waals surface area contributed by atoms with Crippen LogP contribution in [0.15, 0.2) is 6.20 Å². The van der Waals surface area contributed by atoms with Gasteiger partial charge in [-0.3, -0.25) is 0 Å². The van der Waals surface area contributed by atoms with Crippen molar-refractivity contribution < 1.29 is 13.2 Å². The predicted molar refractivity (Wildman–Crippen MR) is 59.4 cm³/mol. The number of anilines is 1. The summed E-state index contributed by atoms with van der Waals surface area (Å²) in [5, 5.41) is 3.60. The Morgan fingerprint density at radius 2 is 1.94 bits per heavy atom. The molecule has 1 aromatic rings. The zero-order valence-electron chi connectivity index (χ0n) is 8.25. The van der Waals surface area contributed by atoms with Crippen LogP contribution in [0, 0.1) is 0 Å². The standard InChI is InChI=1S/C8H10F3N3S.ClH/c9-8(10,11)6-5-13-7(15-6)14-3-1-12-2-4-14;/h5,12H,1-4H2;1H. The molecular weight excluding hydrogens is 263 g/mol. The van der Waals surface area contributed by atoms with E-state index in [9.17, 15) is 13.2 Å². The second kappa shape index (κ2) is 5.20. The second-order valence-electron chi connectivity index (χ2n) is 3.24. The van der Waals surface area contributed by atoms with Gasteiger partial charge in [0.05, 0.1) is 6.20 Å². The maximum absolute atomic E-state index is 12.3. The van der Waals surface area contributed by atoms with Gasteiger partial charge in [-0.25, -0.2) is 4.98 Å². The molecule has 0 unspecified atom stereocenters.